The molecule has 2 unspecified atom stereocenters. The van der Waals surface area contributed by atoms with E-state index in [4.69, 9.17) is 9.47 Å². The second-order valence-corrected chi connectivity index (χ2v) is 6.57. The van der Waals surface area contributed by atoms with Gasteiger partial charge in [-0.3, -0.25) is 9.59 Å². The van der Waals surface area contributed by atoms with Crippen molar-refractivity contribution in [3.05, 3.63) is 23.8 Å². The summed E-state index contributed by atoms with van der Waals surface area (Å²) in [6.07, 6.45) is -0.447. The van der Waals surface area contributed by atoms with Crippen LogP contribution in [0.25, 0.3) is 0 Å². The number of β-amino-alcohol motifs (C(OH)–C–C–N with tert-alkyl or cyclic N) is 1. The summed E-state index contributed by atoms with van der Waals surface area (Å²) in [5.41, 5.74) is 0.418. The van der Waals surface area contributed by atoms with Crippen molar-refractivity contribution < 1.29 is 24.2 Å². The van der Waals surface area contributed by atoms with Gasteiger partial charge in [0.15, 0.2) is 18.1 Å². The van der Waals surface area contributed by atoms with Gasteiger partial charge >= 0.3 is 0 Å². The Labute approximate surface area is 165 Å². The van der Waals surface area contributed by atoms with Crippen molar-refractivity contribution in [3.63, 3.8) is 0 Å². The van der Waals surface area contributed by atoms with Crippen LogP contribution < -0.4 is 25.4 Å². The SMILES string of the molecule is COc1cc(C(=O)NCC2CNCC2O)ccc1OCC(=O)NC(C)C.Cl. The summed E-state index contributed by atoms with van der Waals surface area (Å²) in [4.78, 5) is 24.0. The van der Waals surface area contributed by atoms with Gasteiger partial charge in [0.25, 0.3) is 11.8 Å². The van der Waals surface area contributed by atoms with Crippen molar-refractivity contribution >= 4 is 24.2 Å². The molecule has 0 aromatic heterocycles. The van der Waals surface area contributed by atoms with Crippen molar-refractivity contribution in [1.29, 1.82) is 0 Å². The number of aliphatic hydroxyl groups excluding tert-OH is 1. The Morgan fingerprint density at radius 1 is 1.30 bits per heavy atom. The molecule has 2 amide bonds. The highest BCUT2D eigenvalue weighted by atomic mass is 35.5. The summed E-state index contributed by atoms with van der Waals surface area (Å²) < 4.78 is 10.7. The van der Waals surface area contributed by atoms with Gasteiger partial charge in [0.2, 0.25) is 0 Å². The van der Waals surface area contributed by atoms with Crippen LogP contribution in [-0.2, 0) is 4.79 Å². The third-order valence-corrected chi connectivity index (χ3v) is 4.06. The highest BCUT2D eigenvalue weighted by molar-refractivity contribution is 5.94. The fourth-order valence-electron chi connectivity index (χ4n) is 2.69. The topological polar surface area (TPSA) is 109 Å². The molecule has 0 spiro atoms. The van der Waals surface area contributed by atoms with Crippen molar-refractivity contribution in [2.45, 2.75) is 26.0 Å². The van der Waals surface area contributed by atoms with Crippen molar-refractivity contribution in [1.82, 2.24) is 16.0 Å². The minimum absolute atomic E-state index is 0. The van der Waals surface area contributed by atoms with Crippen LogP contribution in [0.5, 0.6) is 11.5 Å². The Balaban J connectivity index is 0.00000364. The summed E-state index contributed by atoms with van der Waals surface area (Å²) in [5, 5.41) is 18.4. The van der Waals surface area contributed by atoms with E-state index in [1.807, 2.05) is 13.8 Å². The van der Waals surface area contributed by atoms with Crippen LogP contribution in [0.3, 0.4) is 0 Å². The first-order valence-electron chi connectivity index (χ1n) is 8.68. The maximum atomic E-state index is 12.3. The first-order chi connectivity index (χ1) is 12.4. The fourth-order valence-corrected chi connectivity index (χ4v) is 2.69. The lowest BCUT2D eigenvalue weighted by atomic mass is 10.1. The lowest BCUT2D eigenvalue weighted by Gasteiger charge is -2.15. The summed E-state index contributed by atoms with van der Waals surface area (Å²) in [6, 6.07) is 4.81. The maximum Gasteiger partial charge on any atom is 0.258 e. The summed E-state index contributed by atoms with van der Waals surface area (Å²) >= 11 is 0. The zero-order chi connectivity index (χ0) is 19.1. The normalized spacial score (nSPS) is 18.6. The van der Waals surface area contributed by atoms with Gasteiger partial charge in [-0.15, -0.1) is 12.4 Å². The van der Waals surface area contributed by atoms with Gasteiger partial charge in [-0.05, 0) is 32.0 Å². The Morgan fingerprint density at radius 3 is 2.63 bits per heavy atom. The Kier molecular flexibility index (Phi) is 9.34. The van der Waals surface area contributed by atoms with Crippen molar-refractivity contribution in [3.8, 4) is 11.5 Å². The molecule has 1 fully saturated rings. The quantitative estimate of drug-likeness (QED) is 0.500. The number of aliphatic hydroxyl groups is 1. The van der Waals surface area contributed by atoms with Crippen LogP contribution in [0.15, 0.2) is 18.2 Å². The maximum absolute atomic E-state index is 12.3. The van der Waals surface area contributed by atoms with Gasteiger partial charge in [0.1, 0.15) is 0 Å². The van der Waals surface area contributed by atoms with Crippen LogP contribution in [0.2, 0.25) is 0 Å². The average molecular weight is 402 g/mol. The molecule has 9 heteroatoms. The van der Waals surface area contributed by atoms with Gasteiger partial charge in [-0.1, -0.05) is 0 Å². The summed E-state index contributed by atoms with van der Waals surface area (Å²) in [6.45, 7) is 5.22. The van der Waals surface area contributed by atoms with Crippen LogP contribution in [-0.4, -0.2) is 62.4 Å². The van der Waals surface area contributed by atoms with Crippen LogP contribution in [0, 0.1) is 5.92 Å². The molecule has 1 saturated heterocycles. The van der Waals surface area contributed by atoms with E-state index in [0.29, 0.717) is 36.7 Å². The molecule has 1 heterocycles. The highest BCUT2D eigenvalue weighted by Gasteiger charge is 2.25. The molecule has 152 valence electrons. The predicted molar refractivity (Wildman–Crippen MR) is 104 cm³/mol. The number of hydrogen-bond donors (Lipinski definition) is 4. The minimum atomic E-state index is -0.447. The Morgan fingerprint density at radius 2 is 2.04 bits per heavy atom. The number of methoxy groups -OCH3 is 1. The number of carbonyl (C=O) groups is 2. The molecule has 0 saturated carbocycles. The van der Waals surface area contributed by atoms with E-state index >= 15 is 0 Å². The van der Waals surface area contributed by atoms with E-state index in [9.17, 15) is 14.7 Å². The molecule has 0 radical (unpaired) electrons. The number of halogens is 1. The first-order valence-corrected chi connectivity index (χ1v) is 8.68. The highest BCUT2D eigenvalue weighted by Crippen LogP contribution is 2.28. The molecule has 1 aliphatic rings. The molecular formula is C18H28ClN3O5. The van der Waals surface area contributed by atoms with Gasteiger partial charge in [0, 0.05) is 37.2 Å². The number of ether oxygens (including phenoxy) is 2. The molecule has 0 aliphatic carbocycles. The lowest BCUT2D eigenvalue weighted by Crippen LogP contribution is -2.34. The Bertz CT molecular complexity index is 641. The molecule has 27 heavy (non-hydrogen) atoms. The van der Waals surface area contributed by atoms with Crippen LogP contribution in [0.4, 0.5) is 0 Å². The van der Waals surface area contributed by atoms with E-state index in [2.05, 4.69) is 16.0 Å². The van der Waals surface area contributed by atoms with E-state index in [0.717, 1.165) is 0 Å². The molecule has 1 aliphatic heterocycles. The molecule has 1 aromatic rings. The van der Waals surface area contributed by atoms with Gasteiger partial charge in [-0.25, -0.2) is 0 Å². The van der Waals surface area contributed by atoms with E-state index in [-0.39, 0.29) is 42.8 Å². The number of carbonyl (C=O) groups excluding carboxylic acids is 2. The number of hydrogen-bond acceptors (Lipinski definition) is 6. The second kappa shape index (κ2) is 11.0. The molecule has 1 aromatic carbocycles. The third-order valence-electron chi connectivity index (χ3n) is 4.06. The summed E-state index contributed by atoms with van der Waals surface area (Å²) in [5.74, 6) is 0.276. The Hall–Kier alpha value is -2.03. The van der Waals surface area contributed by atoms with Crippen molar-refractivity contribution in [2.75, 3.05) is 33.4 Å². The lowest BCUT2D eigenvalue weighted by molar-refractivity contribution is -0.123. The minimum Gasteiger partial charge on any atom is -0.493 e. The van der Waals surface area contributed by atoms with E-state index < -0.39 is 6.10 Å². The molecule has 2 atom stereocenters. The monoisotopic (exact) mass is 401 g/mol. The molecule has 4 N–H and O–H groups in total. The van der Waals surface area contributed by atoms with Crippen molar-refractivity contribution in [2.24, 2.45) is 5.92 Å². The zero-order valence-electron chi connectivity index (χ0n) is 15.8. The molecule has 8 nitrogen and oxygen atoms in total. The van der Waals surface area contributed by atoms with Gasteiger partial charge in [-0.2, -0.15) is 0 Å². The van der Waals surface area contributed by atoms with E-state index in [1.165, 1.54) is 7.11 Å². The number of amides is 2. The van der Waals surface area contributed by atoms with E-state index in [1.54, 1.807) is 18.2 Å². The van der Waals surface area contributed by atoms with Gasteiger partial charge in [0.05, 0.1) is 13.2 Å². The predicted octanol–water partition coefficient (Wildman–Crippen LogP) is 0.331. The third kappa shape index (κ3) is 6.89. The smallest absolute Gasteiger partial charge is 0.258 e. The zero-order valence-corrected chi connectivity index (χ0v) is 16.6. The fraction of sp³-hybridized carbons (Fsp3) is 0.556. The van der Waals surface area contributed by atoms with Gasteiger partial charge < -0.3 is 30.5 Å². The summed E-state index contributed by atoms with van der Waals surface area (Å²) in [7, 11) is 1.47. The standard InChI is InChI=1S/C18H27N3O5.ClH/c1-11(2)21-17(23)10-26-15-5-4-12(6-16(15)25-3)18(24)20-8-13-7-19-9-14(13)22;/h4-6,11,13-14,19,22H,7-10H2,1-3H3,(H,20,24)(H,21,23);1H. The molecular weight excluding hydrogens is 374 g/mol. The van der Waals surface area contributed by atoms with Crippen LogP contribution >= 0.6 is 12.4 Å². The number of nitrogens with one attached hydrogen (secondary N) is 3. The first kappa shape index (κ1) is 23.0. The molecule has 0 bridgehead atoms. The number of rotatable bonds is 8. The van der Waals surface area contributed by atoms with Crippen LogP contribution in [0.1, 0.15) is 24.2 Å². The second-order valence-electron chi connectivity index (χ2n) is 6.57. The molecule has 2 rings (SSSR count). The largest absolute Gasteiger partial charge is 0.493 e. The average Bonchev–Trinajstić information content (AvgIpc) is 3.02. The number of benzene rings is 1.